The van der Waals surface area contributed by atoms with Crippen molar-refractivity contribution in [3.8, 4) is 17.0 Å². The largest absolute Gasteiger partial charge is 0.461 e. The zero-order chi connectivity index (χ0) is 22.4. The molecule has 1 aromatic carbocycles. The molecular formula is C21H23FN4O4S. The molecule has 3 aromatic rings. The second-order valence-corrected chi connectivity index (χ2v) is 10.1. The van der Waals surface area contributed by atoms with Gasteiger partial charge in [-0.25, -0.2) is 12.8 Å². The summed E-state index contributed by atoms with van der Waals surface area (Å²) in [5.41, 5.74) is 2.13. The number of benzene rings is 1. The van der Waals surface area contributed by atoms with Crippen molar-refractivity contribution in [3.63, 3.8) is 0 Å². The maximum atomic E-state index is 13.2. The van der Waals surface area contributed by atoms with Crippen LogP contribution in [0.1, 0.15) is 31.1 Å². The van der Waals surface area contributed by atoms with E-state index in [0.717, 1.165) is 0 Å². The van der Waals surface area contributed by atoms with Crippen molar-refractivity contribution in [3.05, 3.63) is 42.1 Å². The summed E-state index contributed by atoms with van der Waals surface area (Å²) in [6.07, 6.45) is 0.00973. The zero-order valence-corrected chi connectivity index (χ0v) is 18.2. The monoisotopic (exact) mass is 446 g/mol. The van der Waals surface area contributed by atoms with Gasteiger partial charge < -0.3 is 10.1 Å². The number of hydrogen-bond donors (Lipinski definition) is 1. The number of pyridine rings is 1. The Hall–Kier alpha value is -3.01. The van der Waals surface area contributed by atoms with Gasteiger partial charge >= 0.3 is 0 Å². The Labute approximate surface area is 179 Å². The van der Waals surface area contributed by atoms with Crippen LogP contribution in [0.15, 0.2) is 36.5 Å². The van der Waals surface area contributed by atoms with Crippen LogP contribution in [0, 0.1) is 0 Å². The number of halogens is 1. The first kappa shape index (κ1) is 21.2. The van der Waals surface area contributed by atoms with Crippen LogP contribution in [-0.4, -0.2) is 52.5 Å². The first-order valence-electron chi connectivity index (χ1n) is 9.90. The number of sulfone groups is 1. The Morgan fingerprint density at radius 1 is 1.35 bits per heavy atom. The van der Waals surface area contributed by atoms with Crippen molar-refractivity contribution in [2.75, 3.05) is 11.5 Å². The van der Waals surface area contributed by atoms with E-state index in [1.807, 2.05) is 13.0 Å². The summed E-state index contributed by atoms with van der Waals surface area (Å²) < 4.78 is 43.1. The summed E-state index contributed by atoms with van der Waals surface area (Å²) >= 11 is 0. The molecule has 2 aromatic heterocycles. The lowest BCUT2D eigenvalue weighted by Gasteiger charge is -2.38. The minimum atomic E-state index is -3.08. The molecule has 1 fully saturated rings. The van der Waals surface area contributed by atoms with Gasteiger partial charge in [0.25, 0.3) is 5.91 Å². The molecule has 31 heavy (non-hydrogen) atoms. The Balaban J connectivity index is 1.68. The van der Waals surface area contributed by atoms with E-state index in [2.05, 4.69) is 15.4 Å². The highest BCUT2D eigenvalue weighted by Gasteiger charge is 2.45. The van der Waals surface area contributed by atoms with Gasteiger partial charge in [0, 0.05) is 25.2 Å². The average molecular weight is 447 g/mol. The molecular weight excluding hydrogens is 423 g/mol. The molecule has 0 bridgehead atoms. The number of carbonyl (C=O) groups excluding carboxylic acids is 1. The van der Waals surface area contributed by atoms with E-state index in [0.29, 0.717) is 40.1 Å². The molecule has 0 spiro atoms. The Morgan fingerprint density at radius 2 is 2.10 bits per heavy atom. The van der Waals surface area contributed by atoms with Crippen molar-refractivity contribution >= 4 is 26.8 Å². The number of hydrogen-bond acceptors (Lipinski definition) is 6. The highest BCUT2D eigenvalue weighted by molar-refractivity contribution is 7.93. The van der Waals surface area contributed by atoms with E-state index < -0.39 is 21.7 Å². The highest BCUT2D eigenvalue weighted by atomic mass is 32.2. The smallest absolute Gasteiger partial charge is 0.253 e. The summed E-state index contributed by atoms with van der Waals surface area (Å²) in [6, 6.07) is 8.63. The van der Waals surface area contributed by atoms with Gasteiger partial charge in [-0.3, -0.25) is 14.5 Å². The van der Waals surface area contributed by atoms with Gasteiger partial charge in [-0.2, -0.15) is 5.10 Å². The third kappa shape index (κ3) is 4.25. The van der Waals surface area contributed by atoms with Crippen LogP contribution in [0.3, 0.4) is 0 Å². The van der Waals surface area contributed by atoms with Gasteiger partial charge in [0.2, 0.25) is 6.36 Å². The Kier molecular flexibility index (Phi) is 5.20. The van der Waals surface area contributed by atoms with Gasteiger partial charge in [0.15, 0.2) is 9.84 Å². The number of rotatable bonds is 6. The summed E-state index contributed by atoms with van der Waals surface area (Å²) in [4.78, 5) is 17.2. The number of alkyl halides is 1. The molecule has 1 unspecified atom stereocenters. The minimum absolute atomic E-state index is 0.0750. The average Bonchev–Trinajstić information content (AvgIpc) is 3.03. The van der Waals surface area contributed by atoms with Crippen LogP contribution in [0.2, 0.25) is 0 Å². The van der Waals surface area contributed by atoms with Crippen molar-refractivity contribution < 1.29 is 22.3 Å². The molecule has 1 atom stereocenters. The Morgan fingerprint density at radius 3 is 2.74 bits per heavy atom. The van der Waals surface area contributed by atoms with Crippen LogP contribution in [0.4, 0.5) is 4.39 Å². The third-order valence-corrected chi connectivity index (χ3v) is 7.20. The van der Waals surface area contributed by atoms with Gasteiger partial charge in [-0.15, -0.1) is 0 Å². The molecule has 164 valence electrons. The number of nitrogens with zero attached hydrogens (tertiary/aromatic N) is 3. The molecule has 4 rings (SSSR count). The number of fused-ring (bicyclic) bond motifs is 1. The first-order valence-corrected chi connectivity index (χ1v) is 11.7. The molecule has 0 saturated carbocycles. The minimum Gasteiger partial charge on any atom is -0.461 e. The van der Waals surface area contributed by atoms with E-state index in [1.165, 1.54) is 13.1 Å². The molecule has 8 nitrogen and oxygen atoms in total. The number of aromatic nitrogens is 3. The molecule has 1 amide bonds. The molecule has 0 aliphatic carbocycles. The number of ether oxygens (including phenoxy) is 1. The number of aryl methyl sites for hydroxylation is 1. The molecule has 10 heteroatoms. The Bertz CT molecular complexity index is 1260. The number of amides is 1. The topological polar surface area (TPSA) is 103 Å². The molecule has 1 aliphatic rings. The second-order valence-electron chi connectivity index (χ2n) is 7.99. The van der Waals surface area contributed by atoms with Gasteiger partial charge in [0.1, 0.15) is 17.0 Å². The lowest BCUT2D eigenvalue weighted by molar-refractivity contribution is 0.0860. The highest BCUT2D eigenvalue weighted by Crippen LogP contribution is 2.30. The fourth-order valence-electron chi connectivity index (χ4n) is 3.87. The van der Waals surface area contributed by atoms with Crippen molar-refractivity contribution in [2.24, 2.45) is 0 Å². The van der Waals surface area contributed by atoms with Crippen molar-refractivity contribution in [2.45, 2.75) is 39.2 Å². The normalized spacial score (nSPS) is 17.7. The second kappa shape index (κ2) is 7.60. The number of carbonyl (C=O) groups is 1. The van der Waals surface area contributed by atoms with Crippen molar-refractivity contribution in [1.82, 2.24) is 20.1 Å². The van der Waals surface area contributed by atoms with Crippen LogP contribution >= 0.6 is 0 Å². The first-order chi connectivity index (χ1) is 14.6. The SMILES string of the molecule is CCn1nc(-c2cccc(OC(C)F)c2)c2ncc(C(=O)NC3(C)CS(=O)(=O)C3)cc21. The fraction of sp³-hybridized carbons (Fsp3) is 0.381. The van der Waals surface area contributed by atoms with Crippen LogP contribution < -0.4 is 10.1 Å². The van der Waals surface area contributed by atoms with Crippen LogP contribution in [0.25, 0.3) is 22.3 Å². The summed E-state index contributed by atoms with van der Waals surface area (Å²) in [6.45, 7) is 5.49. The predicted molar refractivity (Wildman–Crippen MR) is 114 cm³/mol. The third-order valence-electron chi connectivity index (χ3n) is 5.05. The van der Waals surface area contributed by atoms with Gasteiger partial charge in [-0.05, 0) is 32.0 Å². The summed E-state index contributed by atoms with van der Waals surface area (Å²) in [5.74, 6) is -0.154. The van der Waals surface area contributed by atoms with Gasteiger partial charge in [0.05, 0.1) is 28.1 Å². The predicted octanol–water partition coefficient (Wildman–Crippen LogP) is 2.73. The van der Waals surface area contributed by atoms with Crippen LogP contribution in [0.5, 0.6) is 5.75 Å². The van der Waals surface area contributed by atoms with E-state index in [9.17, 15) is 17.6 Å². The van der Waals surface area contributed by atoms with Crippen LogP contribution in [-0.2, 0) is 16.4 Å². The molecule has 1 saturated heterocycles. The number of nitrogens with one attached hydrogen (secondary N) is 1. The van der Waals surface area contributed by atoms with Gasteiger partial charge in [-0.1, -0.05) is 12.1 Å². The fourth-order valence-corrected chi connectivity index (χ4v) is 5.87. The summed E-state index contributed by atoms with van der Waals surface area (Å²) in [5, 5.41) is 7.40. The van der Waals surface area contributed by atoms with E-state index in [1.54, 1.807) is 35.9 Å². The molecule has 1 N–H and O–H groups in total. The standard InChI is InChI=1S/C21H23FN4O4S/c1-4-26-17-9-15(20(27)24-21(3)11-31(28,29)12-21)10-23-19(17)18(25-26)14-6-5-7-16(8-14)30-13(2)22/h5-10,13H,4,11-12H2,1-3H3,(H,24,27). The lowest BCUT2D eigenvalue weighted by atomic mass is 10.1. The maximum absolute atomic E-state index is 13.2. The van der Waals surface area contributed by atoms with E-state index in [-0.39, 0.29) is 17.4 Å². The molecule has 1 aliphatic heterocycles. The van der Waals surface area contributed by atoms with E-state index >= 15 is 0 Å². The van der Waals surface area contributed by atoms with Crippen molar-refractivity contribution in [1.29, 1.82) is 0 Å². The quantitative estimate of drug-likeness (QED) is 0.625. The molecule has 3 heterocycles. The lowest BCUT2D eigenvalue weighted by Crippen LogP contribution is -2.63. The zero-order valence-electron chi connectivity index (χ0n) is 17.4. The van der Waals surface area contributed by atoms with E-state index in [4.69, 9.17) is 4.74 Å². The molecule has 0 radical (unpaired) electrons. The summed E-state index contributed by atoms with van der Waals surface area (Å²) in [7, 11) is -3.08. The maximum Gasteiger partial charge on any atom is 0.253 e.